The molecule has 100 valence electrons. The van der Waals surface area contributed by atoms with Gasteiger partial charge in [-0.1, -0.05) is 6.07 Å². The van der Waals surface area contributed by atoms with E-state index in [4.69, 9.17) is 5.73 Å². The Kier molecular flexibility index (Phi) is 5.17. The number of aryl methyl sites for hydroxylation is 2. The van der Waals surface area contributed by atoms with Crippen LogP contribution in [0.3, 0.4) is 0 Å². The molecule has 0 radical (unpaired) electrons. The van der Waals surface area contributed by atoms with Crippen LogP contribution in [-0.2, 0) is 0 Å². The maximum atomic E-state index is 11.9. The average molecular weight is 269 g/mol. The fourth-order valence-electron chi connectivity index (χ4n) is 1.89. The molecule has 0 aromatic heterocycles. The largest absolute Gasteiger partial charge is 0.350 e. The maximum absolute atomic E-state index is 11.9. The maximum Gasteiger partial charge on any atom is 0.251 e. The van der Waals surface area contributed by atoms with Gasteiger partial charge in [-0.25, -0.2) is 0 Å². The van der Waals surface area contributed by atoms with Crippen molar-refractivity contribution >= 4 is 18.3 Å². The molecule has 1 aliphatic rings. The first kappa shape index (κ1) is 15.0. The van der Waals surface area contributed by atoms with Crippen LogP contribution in [-0.4, -0.2) is 18.5 Å². The molecule has 1 fully saturated rings. The molecule has 0 aliphatic heterocycles. The second kappa shape index (κ2) is 6.21. The molecule has 0 bridgehead atoms. The zero-order valence-electron chi connectivity index (χ0n) is 10.9. The van der Waals surface area contributed by atoms with Gasteiger partial charge in [0.05, 0.1) is 0 Å². The number of nitrogens with one attached hydrogen (secondary N) is 1. The SMILES string of the molecule is Cc1ccc(C(=O)NCC(N)C2CC2)cc1C.Cl. The number of benzene rings is 1. The van der Waals surface area contributed by atoms with Gasteiger partial charge in [-0.05, 0) is 55.9 Å². The van der Waals surface area contributed by atoms with E-state index in [-0.39, 0.29) is 24.4 Å². The molecule has 0 spiro atoms. The van der Waals surface area contributed by atoms with Gasteiger partial charge in [0.2, 0.25) is 0 Å². The summed E-state index contributed by atoms with van der Waals surface area (Å²) in [5.41, 5.74) is 9.01. The summed E-state index contributed by atoms with van der Waals surface area (Å²) in [6.45, 7) is 4.64. The summed E-state index contributed by atoms with van der Waals surface area (Å²) in [7, 11) is 0. The Morgan fingerprint density at radius 1 is 1.39 bits per heavy atom. The van der Waals surface area contributed by atoms with Crippen molar-refractivity contribution in [2.75, 3.05) is 6.54 Å². The molecular formula is C14H21ClN2O. The van der Waals surface area contributed by atoms with Gasteiger partial charge < -0.3 is 11.1 Å². The molecule has 4 heteroatoms. The van der Waals surface area contributed by atoms with Gasteiger partial charge in [0, 0.05) is 18.2 Å². The van der Waals surface area contributed by atoms with E-state index in [1.54, 1.807) is 0 Å². The van der Waals surface area contributed by atoms with Crippen LogP contribution >= 0.6 is 12.4 Å². The lowest BCUT2D eigenvalue weighted by Crippen LogP contribution is -2.38. The molecule has 1 atom stereocenters. The van der Waals surface area contributed by atoms with Crippen LogP contribution in [0.5, 0.6) is 0 Å². The van der Waals surface area contributed by atoms with Crippen molar-refractivity contribution in [2.24, 2.45) is 11.7 Å². The summed E-state index contributed by atoms with van der Waals surface area (Å²) in [6.07, 6.45) is 2.42. The minimum Gasteiger partial charge on any atom is -0.350 e. The highest BCUT2D eigenvalue weighted by molar-refractivity contribution is 5.94. The number of rotatable bonds is 4. The lowest BCUT2D eigenvalue weighted by molar-refractivity contribution is 0.0950. The molecule has 18 heavy (non-hydrogen) atoms. The lowest BCUT2D eigenvalue weighted by atomic mass is 10.1. The number of carbonyl (C=O) groups excluding carboxylic acids is 1. The van der Waals surface area contributed by atoms with Gasteiger partial charge in [0.1, 0.15) is 0 Å². The third kappa shape index (κ3) is 3.72. The first-order chi connectivity index (χ1) is 8.08. The van der Waals surface area contributed by atoms with Gasteiger partial charge in [0.25, 0.3) is 5.91 Å². The van der Waals surface area contributed by atoms with E-state index < -0.39 is 0 Å². The minimum atomic E-state index is -0.0239. The van der Waals surface area contributed by atoms with Crippen molar-refractivity contribution < 1.29 is 4.79 Å². The summed E-state index contributed by atoms with van der Waals surface area (Å²) in [6, 6.07) is 5.88. The van der Waals surface area contributed by atoms with E-state index in [9.17, 15) is 4.79 Å². The van der Waals surface area contributed by atoms with Crippen LogP contribution in [0.4, 0.5) is 0 Å². The number of hydrogen-bond donors (Lipinski definition) is 2. The van der Waals surface area contributed by atoms with E-state index in [0.29, 0.717) is 12.5 Å². The third-order valence-electron chi connectivity index (χ3n) is 3.49. The molecule has 3 N–H and O–H groups in total. The lowest BCUT2D eigenvalue weighted by Gasteiger charge is -2.12. The van der Waals surface area contributed by atoms with E-state index in [1.165, 1.54) is 18.4 Å². The molecule has 1 unspecified atom stereocenters. The second-order valence-electron chi connectivity index (χ2n) is 5.01. The van der Waals surface area contributed by atoms with Crippen molar-refractivity contribution in [2.45, 2.75) is 32.7 Å². The molecule has 0 heterocycles. The molecule has 0 saturated heterocycles. The average Bonchev–Trinajstić information content (AvgIpc) is 3.13. The standard InChI is InChI=1S/C14H20N2O.ClH/c1-9-3-4-12(7-10(9)2)14(17)16-8-13(15)11-5-6-11;/h3-4,7,11,13H,5-6,8,15H2,1-2H3,(H,16,17);1H. The van der Waals surface area contributed by atoms with Gasteiger partial charge in [-0.2, -0.15) is 0 Å². The zero-order valence-corrected chi connectivity index (χ0v) is 11.7. The third-order valence-corrected chi connectivity index (χ3v) is 3.49. The van der Waals surface area contributed by atoms with Crippen LogP contribution in [0.25, 0.3) is 0 Å². The molecule has 2 rings (SSSR count). The van der Waals surface area contributed by atoms with E-state index in [0.717, 1.165) is 11.1 Å². The highest BCUT2D eigenvalue weighted by atomic mass is 35.5. The van der Waals surface area contributed by atoms with Crippen molar-refractivity contribution in [3.8, 4) is 0 Å². The van der Waals surface area contributed by atoms with Gasteiger partial charge in [-0.3, -0.25) is 4.79 Å². The molecule has 1 saturated carbocycles. The summed E-state index contributed by atoms with van der Waals surface area (Å²) in [5, 5.41) is 2.90. The van der Waals surface area contributed by atoms with Gasteiger partial charge >= 0.3 is 0 Å². The Morgan fingerprint density at radius 3 is 2.61 bits per heavy atom. The van der Waals surface area contributed by atoms with Crippen molar-refractivity contribution in [3.63, 3.8) is 0 Å². The summed E-state index contributed by atoms with van der Waals surface area (Å²) >= 11 is 0. The molecule has 1 aromatic carbocycles. The Labute approximate surface area is 115 Å². The highest BCUT2D eigenvalue weighted by Crippen LogP contribution is 2.31. The quantitative estimate of drug-likeness (QED) is 0.880. The fraction of sp³-hybridized carbons (Fsp3) is 0.500. The predicted molar refractivity (Wildman–Crippen MR) is 76.2 cm³/mol. The van der Waals surface area contributed by atoms with E-state index >= 15 is 0 Å². The number of nitrogens with two attached hydrogens (primary N) is 1. The predicted octanol–water partition coefficient (Wildman–Crippen LogP) is 2.19. The van der Waals surface area contributed by atoms with Crippen LogP contribution in [0.15, 0.2) is 18.2 Å². The van der Waals surface area contributed by atoms with Crippen molar-refractivity contribution in [1.82, 2.24) is 5.32 Å². The van der Waals surface area contributed by atoms with Crippen molar-refractivity contribution in [1.29, 1.82) is 0 Å². The van der Waals surface area contributed by atoms with Gasteiger partial charge in [-0.15, -0.1) is 12.4 Å². The normalized spacial score (nSPS) is 15.7. The second-order valence-corrected chi connectivity index (χ2v) is 5.01. The first-order valence-corrected chi connectivity index (χ1v) is 6.19. The summed E-state index contributed by atoms with van der Waals surface area (Å²) in [4.78, 5) is 11.9. The van der Waals surface area contributed by atoms with E-state index in [2.05, 4.69) is 5.32 Å². The summed E-state index contributed by atoms with van der Waals surface area (Å²) < 4.78 is 0. The Bertz CT molecular complexity index is 430. The molecule has 1 aliphatic carbocycles. The minimum absolute atomic E-state index is 0. The van der Waals surface area contributed by atoms with Crippen molar-refractivity contribution in [3.05, 3.63) is 34.9 Å². The highest BCUT2D eigenvalue weighted by Gasteiger charge is 2.28. The Hall–Kier alpha value is -1.06. The molecular weight excluding hydrogens is 248 g/mol. The Morgan fingerprint density at radius 2 is 2.06 bits per heavy atom. The summed E-state index contributed by atoms with van der Waals surface area (Å²) in [5.74, 6) is 0.597. The number of hydrogen-bond acceptors (Lipinski definition) is 2. The monoisotopic (exact) mass is 268 g/mol. The van der Waals surface area contributed by atoms with Crippen LogP contribution in [0.2, 0.25) is 0 Å². The zero-order chi connectivity index (χ0) is 12.4. The number of halogens is 1. The van der Waals surface area contributed by atoms with Crippen LogP contribution < -0.4 is 11.1 Å². The topological polar surface area (TPSA) is 55.1 Å². The van der Waals surface area contributed by atoms with Gasteiger partial charge in [0.15, 0.2) is 0 Å². The smallest absolute Gasteiger partial charge is 0.251 e. The molecule has 1 amide bonds. The number of amides is 1. The van der Waals surface area contributed by atoms with Crippen LogP contribution in [0, 0.1) is 19.8 Å². The van der Waals surface area contributed by atoms with E-state index in [1.807, 2.05) is 32.0 Å². The molecule has 1 aromatic rings. The number of carbonyl (C=O) groups is 1. The van der Waals surface area contributed by atoms with Crippen LogP contribution in [0.1, 0.15) is 34.3 Å². The fourth-order valence-corrected chi connectivity index (χ4v) is 1.89. The first-order valence-electron chi connectivity index (χ1n) is 6.19. The molecule has 3 nitrogen and oxygen atoms in total. The Balaban J connectivity index is 0.00000162.